The summed E-state index contributed by atoms with van der Waals surface area (Å²) in [7, 11) is 1.68. The van der Waals surface area contributed by atoms with Crippen molar-refractivity contribution < 1.29 is 14.6 Å². The van der Waals surface area contributed by atoms with Crippen LogP contribution in [0.15, 0.2) is 24.3 Å². The van der Waals surface area contributed by atoms with Crippen molar-refractivity contribution in [3.63, 3.8) is 0 Å². The van der Waals surface area contributed by atoms with Crippen LogP contribution in [-0.4, -0.2) is 55.3 Å². The first-order valence-corrected chi connectivity index (χ1v) is 8.05. The quantitative estimate of drug-likeness (QED) is 0.919. The molecular formula is C17H24N2O3. The van der Waals surface area contributed by atoms with Gasteiger partial charge in [-0.15, -0.1) is 0 Å². The SMILES string of the molecule is COc1ccccc1N1CCN(C(=O)C2CCCC2O)CC1. The summed E-state index contributed by atoms with van der Waals surface area (Å²) in [5.74, 6) is 0.816. The van der Waals surface area contributed by atoms with E-state index in [1.165, 1.54) is 0 Å². The van der Waals surface area contributed by atoms with Crippen LogP contribution in [0.4, 0.5) is 5.69 Å². The number of piperazine rings is 1. The lowest BCUT2D eigenvalue weighted by Crippen LogP contribution is -2.51. The van der Waals surface area contributed by atoms with Gasteiger partial charge >= 0.3 is 0 Å². The van der Waals surface area contributed by atoms with Crippen molar-refractivity contribution in [1.29, 1.82) is 0 Å². The topological polar surface area (TPSA) is 53.0 Å². The fraction of sp³-hybridized carbons (Fsp3) is 0.588. The standard InChI is InChI=1S/C17H24N2O3/c1-22-16-8-3-2-6-14(16)18-9-11-19(12-10-18)17(21)13-5-4-7-15(13)20/h2-3,6,8,13,15,20H,4-5,7,9-12H2,1H3. The number of aliphatic hydroxyl groups is 1. The van der Waals surface area contributed by atoms with Crippen LogP contribution in [0, 0.1) is 5.92 Å². The maximum absolute atomic E-state index is 12.5. The number of rotatable bonds is 3. The highest BCUT2D eigenvalue weighted by atomic mass is 16.5. The van der Waals surface area contributed by atoms with Gasteiger partial charge in [-0.1, -0.05) is 12.1 Å². The van der Waals surface area contributed by atoms with E-state index in [0.29, 0.717) is 13.1 Å². The Morgan fingerprint density at radius 1 is 1.18 bits per heavy atom. The highest BCUT2D eigenvalue weighted by molar-refractivity contribution is 5.80. The molecule has 1 N–H and O–H groups in total. The first-order valence-electron chi connectivity index (χ1n) is 8.05. The highest BCUT2D eigenvalue weighted by Gasteiger charge is 2.35. The Hall–Kier alpha value is -1.75. The molecule has 1 saturated heterocycles. The van der Waals surface area contributed by atoms with E-state index in [1.807, 2.05) is 23.1 Å². The molecule has 1 aromatic carbocycles. The summed E-state index contributed by atoms with van der Waals surface area (Å²) in [5, 5.41) is 9.91. The molecule has 120 valence electrons. The third-order valence-electron chi connectivity index (χ3n) is 4.81. The maximum Gasteiger partial charge on any atom is 0.228 e. The fourth-order valence-electron chi connectivity index (χ4n) is 3.52. The molecule has 22 heavy (non-hydrogen) atoms. The number of ether oxygens (including phenoxy) is 1. The number of aliphatic hydroxyl groups excluding tert-OH is 1. The molecule has 2 fully saturated rings. The first kappa shape index (κ1) is 15.2. The summed E-state index contributed by atoms with van der Waals surface area (Å²) < 4.78 is 5.41. The third kappa shape index (κ3) is 2.90. The molecule has 1 saturated carbocycles. The summed E-state index contributed by atoms with van der Waals surface area (Å²) >= 11 is 0. The predicted octanol–water partition coefficient (Wildman–Crippen LogP) is 1.50. The van der Waals surface area contributed by atoms with Crippen molar-refractivity contribution in [3.8, 4) is 5.75 Å². The minimum Gasteiger partial charge on any atom is -0.495 e. The van der Waals surface area contributed by atoms with Gasteiger partial charge in [-0.25, -0.2) is 0 Å². The normalized spacial score (nSPS) is 25.4. The number of carbonyl (C=O) groups is 1. The molecule has 1 heterocycles. The van der Waals surface area contributed by atoms with Crippen LogP contribution in [0.2, 0.25) is 0 Å². The van der Waals surface area contributed by atoms with Gasteiger partial charge < -0.3 is 19.6 Å². The van der Waals surface area contributed by atoms with Crippen LogP contribution >= 0.6 is 0 Å². The van der Waals surface area contributed by atoms with Gasteiger partial charge in [0.05, 0.1) is 24.8 Å². The van der Waals surface area contributed by atoms with E-state index in [9.17, 15) is 9.90 Å². The van der Waals surface area contributed by atoms with Crippen molar-refractivity contribution in [2.24, 2.45) is 5.92 Å². The number of amides is 1. The molecule has 2 unspecified atom stereocenters. The zero-order valence-electron chi connectivity index (χ0n) is 13.1. The molecule has 2 aliphatic rings. The van der Waals surface area contributed by atoms with Gasteiger partial charge in [0.25, 0.3) is 0 Å². The molecular weight excluding hydrogens is 280 g/mol. The Balaban J connectivity index is 1.61. The molecule has 0 spiro atoms. The number of carbonyl (C=O) groups excluding carboxylic acids is 1. The van der Waals surface area contributed by atoms with Crippen molar-refractivity contribution in [1.82, 2.24) is 4.90 Å². The van der Waals surface area contributed by atoms with E-state index in [1.54, 1.807) is 7.11 Å². The van der Waals surface area contributed by atoms with E-state index >= 15 is 0 Å². The van der Waals surface area contributed by atoms with Crippen LogP contribution in [0.25, 0.3) is 0 Å². The van der Waals surface area contributed by atoms with E-state index in [0.717, 1.165) is 43.8 Å². The van der Waals surface area contributed by atoms with Gasteiger partial charge in [-0.05, 0) is 31.4 Å². The minimum atomic E-state index is -0.445. The largest absolute Gasteiger partial charge is 0.495 e. The van der Waals surface area contributed by atoms with Gasteiger partial charge in [-0.3, -0.25) is 4.79 Å². The summed E-state index contributed by atoms with van der Waals surface area (Å²) in [6, 6.07) is 7.98. The number of benzene rings is 1. The van der Waals surface area contributed by atoms with Crippen molar-refractivity contribution in [2.75, 3.05) is 38.2 Å². The van der Waals surface area contributed by atoms with Gasteiger partial charge in [0.1, 0.15) is 5.75 Å². The first-order chi connectivity index (χ1) is 10.7. The smallest absolute Gasteiger partial charge is 0.228 e. The molecule has 2 atom stereocenters. The van der Waals surface area contributed by atoms with Crippen molar-refractivity contribution >= 4 is 11.6 Å². The number of para-hydroxylation sites is 2. The second kappa shape index (κ2) is 6.57. The number of hydrogen-bond donors (Lipinski definition) is 1. The lowest BCUT2D eigenvalue weighted by atomic mass is 10.0. The van der Waals surface area contributed by atoms with E-state index in [-0.39, 0.29) is 11.8 Å². The van der Waals surface area contributed by atoms with Crippen LogP contribution in [0.3, 0.4) is 0 Å². The second-order valence-corrected chi connectivity index (χ2v) is 6.09. The molecule has 3 rings (SSSR count). The maximum atomic E-state index is 12.5. The summed E-state index contributed by atoms with van der Waals surface area (Å²) in [5.41, 5.74) is 1.08. The molecule has 1 aromatic rings. The number of methoxy groups -OCH3 is 1. The van der Waals surface area contributed by atoms with Crippen LogP contribution < -0.4 is 9.64 Å². The van der Waals surface area contributed by atoms with Crippen molar-refractivity contribution in [2.45, 2.75) is 25.4 Å². The van der Waals surface area contributed by atoms with Crippen molar-refractivity contribution in [3.05, 3.63) is 24.3 Å². The Morgan fingerprint density at radius 2 is 1.91 bits per heavy atom. The van der Waals surface area contributed by atoms with Gasteiger partial charge in [0.15, 0.2) is 0 Å². The van der Waals surface area contributed by atoms with Crippen LogP contribution in [-0.2, 0) is 4.79 Å². The minimum absolute atomic E-state index is 0.129. The average Bonchev–Trinajstić information content (AvgIpc) is 3.00. The van der Waals surface area contributed by atoms with E-state index in [2.05, 4.69) is 11.0 Å². The van der Waals surface area contributed by atoms with Crippen LogP contribution in [0.5, 0.6) is 5.75 Å². The van der Waals surface area contributed by atoms with Gasteiger partial charge in [0.2, 0.25) is 5.91 Å². The van der Waals surface area contributed by atoms with Gasteiger partial charge in [-0.2, -0.15) is 0 Å². The highest BCUT2D eigenvalue weighted by Crippen LogP contribution is 2.30. The van der Waals surface area contributed by atoms with Crippen LogP contribution in [0.1, 0.15) is 19.3 Å². The summed E-state index contributed by atoms with van der Waals surface area (Å²) in [6.07, 6.45) is 2.10. The molecule has 0 aromatic heterocycles. The Bertz CT molecular complexity index is 526. The Morgan fingerprint density at radius 3 is 2.55 bits per heavy atom. The zero-order chi connectivity index (χ0) is 15.5. The fourth-order valence-corrected chi connectivity index (χ4v) is 3.52. The molecule has 5 heteroatoms. The Labute approximate surface area is 131 Å². The van der Waals surface area contributed by atoms with E-state index < -0.39 is 6.10 Å². The summed E-state index contributed by atoms with van der Waals surface area (Å²) in [6.45, 7) is 3.02. The Kier molecular flexibility index (Phi) is 4.52. The van der Waals surface area contributed by atoms with Gasteiger partial charge in [0, 0.05) is 26.2 Å². The second-order valence-electron chi connectivity index (χ2n) is 6.09. The predicted molar refractivity (Wildman–Crippen MR) is 85.1 cm³/mol. The lowest BCUT2D eigenvalue weighted by Gasteiger charge is -2.38. The molecule has 0 bridgehead atoms. The number of nitrogens with zero attached hydrogens (tertiary/aromatic N) is 2. The molecule has 5 nitrogen and oxygen atoms in total. The summed E-state index contributed by atoms with van der Waals surface area (Å²) in [4.78, 5) is 16.7. The monoisotopic (exact) mass is 304 g/mol. The number of anilines is 1. The lowest BCUT2D eigenvalue weighted by molar-refractivity contribution is -0.138. The molecule has 0 radical (unpaired) electrons. The zero-order valence-corrected chi connectivity index (χ0v) is 13.1. The van der Waals surface area contributed by atoms with E-state index in [4.69, 9.17) is 4.74 Å². The average molecular weight is 304 g/mol. The third-order valence-corrected chi connectivity index (χ3v) is 4.81. The number of hydrogen-bond acceptors (Lipinski definition) is 4. The molecule has 1 aliphatic carbocycles. The molecule has 1 amide bonds. The molecule has 1 aliphatic heterocycles.